The summed E-state index contributed by atoms with van der Waals surface area (Å²) in [5.74, 6) is 0. The molecule has 0 N–H and O–H groups in total. The van der Waals surface area contributed by atoms with Crippen molar-refractivity contribution >= 4 is 11.6 Å². The zero-order valence-electron chi connectivity index (χ0n) is 6.34. The highest BCUT2D eigenvalue weighted by molar-refractivity contribution is 6.30. The van der Waals surface area contributed by atoms with Gasteiger partial charge in [-0.15, -0.1) is 0 Å². The Morgan fingerprint density at radius 1 is 1.09 bits per heavy atom. The SMILES string of the molecule is CC1(c2ccc(Cl)cc2)C=C1. The minimum atomic E-state index is 0.227. The lowest BCUT2D eigenvalue weighted by atomic mass is 9.96. The lowest BCUT2D eigenvalue weighted by Gasteiger charge is -2.08. The monoisotopic (exact) mass is 164 g/mol. The van der Waals surface area contributed by atoms with Crippen LogP contribution in [-0.2, 0) is 5.41 Å². The lowest BCUT2D eigenvalue weighted by Crippen LogP contribution is -2.00. The first-order valence-electron chi connectivity index (χ1n) is 3.67. The van der Waals surface area contributed by atoms with Gasteiger partial charge in [0.25, 0.3) is 0 Å². The summed E-state index contributed by atoms with van der Waals surface area (Å²) in [6.07, 6.45) is 4.38. The van der Waals surface area contributed by atoms with Crippen LogP contribution in [0.15, 0.2) is 36.4 Å². The molecule has 56 valence electrons. The van der Waals surface area contributed by atoms with Crippen molar-refractivity contribution in [2.24, 2.45) is 0 Å². The molecule has 2 rings (SSSR count). The second-order valence-electron chi connectivity index (χ2n) is 3.12. The van der Waals surface area contributed by atoms with Crippen LogP contribution in [0, 0.1) is 0 Å². The molecule has 0 heterocycles. The summed E-state index contributed by atoms with van der Waals surface area (Å²) in [5.41, 5.74) is 1.55. The molecule has 0 unspecified atom stereocenters. The van der Waals surface area contributed by atoms with Gasteiger partial charge in [-0.25, -0.2) is 0 Å². The fourth-order valence-corrected chi connectivity index (χ4v) is 1.25. The van der Waals surface area contributed by atoms with Crippen molar-refractivity contribution in [1.29, 1.82) is 0 Å². The molecule has 0 amide bonds. The summed E-state index contributed by atoms with van der Waals surface area (Å²) in [5, 5.41) is 0.804. The van der Waals surface area contributed by atoms with Gasteiger partial charge in [-0.1, -0.05) is 35.9 Å². The molecule has 0 radical (unpaired) electrons. The van der Waals surface area contributed by atoms with Crippen molar-refractivity contribution in [3.8, 4) is 0 Å². The first-order chi connectivity index (χ1) is 5.21. The van der Waals surface area contributed by atoms with Crippen LogP contribution in [0.5, 0.6) is 0 Å². The molecule has 0 fully saturated rings. The fourth-order valence-electron chi connectivity index (χ4n) is 1.13. The smallest absolute Gasteiger partial charge is 0.0406 e. The summed E-state index contributed by atoms with van der Waals surface area (Å²) in [7, 11) is 0. The van der Waals surface area contributed by atoms with E-state index in [0.717, 1.165) is 5.02 Å². The number of benzene rings is 1. The van der Waals surface area contributed by atoms with Gasteiger partial charge >= 0.3 is 0 Å². The molecular weight excluding hydrogens is 156 g/mol. The molecule has 1 aliphatic carbocycles. The highest BCUT2D eigenvalue weighted by Gasteiger charge is 2.29. The molecule has 0 saturated heterocycles. The van der Waals surface area contributed by atoms with Gasteiger partial charge in [-0.05, 0) is 24.6 Å². The zero-order valence-corrected chi connectivity index (χ0v) is 7.10. The quantitative estimate of drug-likeness (QED) is 0.560. The van der Waals surface area contributed by atoms with Crippen LogP contribution < -0.4 is 0 Å². The third-order valence-electron chi connectivity index (χ3n) is 2.13. The molecule has 1 aromatic carbocycles. The Balaban J connectivity index is 2.34. The molecule has 0 saturated carbocycles. The largest absolute Gasteiger partial charge is 0.0843 e. The summed E-state index contributed by atoms with van der Waals surface area (Å²) in [6.45, 7) is 2.19. The predicted molar refractivity (Wildman–Crippen MR) is 47.9 cm³/mol. The zero-order chi connectivity index (χ0) is 7.90. The van der Waals surface area contributed by atoms with Gasteiger partial charge in [-0.2, -0.15) is 0 Å². The highest BCUT2D eigenvalue weighted by atomic mass is 35.5. The minimum Gasteiger partial charge on any atom is -0.0843 e. The molecule has 0 aliphatic heterocycles. The fraction of sp³-hybridized carbons (Fsp3) is 0.200. The maximum atomic E-state index is 5.76. The average Bonchev–Trinajstić information content (AvgIpc) is 2.70. The normalized spacial score (nSPS) is 18.4. The topological polar surface area (TPSA) is 0 Å². The highest BCUT2D eigenvalue weighted by Crippen LogP contribution is 2.37. The van der Waals surface area contributed by atoms with E-state index in [9.17, 15) is 0 Å². The van der Waals surface area contributed by atoms with Crippen LogP contribution in [0.1, 0.15) is 12.5 Å². The van der Waals surface area contributed by atoms with Crippen molar-refractivity contribution < 1.29 is 0 Å². The van der Waals surface area contributed by atoms with Crippen LogP contribution in [0.4, 0.5) is 0 Å². The Morgan fingerprint density at radius 3 is 2.09 bits per heavy atom. The lowest BCUT2D eigenvalue weighted by molar-refractivity contribution is 0.871. The van der Waals surface area contributed by atoms with E-state index >= 15 is 0 Å². The van der Waals surface area contributed by atoms with Crippen LogP contribution in [-0.4, -0.2) is 0 Å². The molecule has 1 aromatic rings. The molecule has 0 atom stereocenters. The Kier molecular flexibility index (Phi) is 1.33. The Labute approximate surface area is 71.5 Å². The molecule has 0 nitrogen and oxygen atoms in total. The minimum absolute atomic E-state index is 0.227. The van der Waals surface area contributed by atoms with E-state index in [1.807, 2.05) is 12.1 Å². The Bertz CT molecular complexity index is 289. The van der Waals surface area contributed by atoms with E-state index in [0.29, 0.717) is 0 Å². The predicted octanol–water partition coefficient (Wildman–Crippen LogP) is 3.17. The second-order valence-corrected chi connectivity index (χ2v) is 3.56. The first kappa shape index (κ1) is 6.93. The summed E-state index contributed by atoms with van der Waals surface area (Å²) in [6, 6.07) is 8.01. The molecule has 1 heteroatoms. The average molecular weight is 165 g/mol. The van der Waals surface area contributed by atoms with Crippen LogP contribution >= 0.6 is 11.6 Å². The molecule has 11 heavy (non-hydrogen) atoms. The van der Waals surface area contributed by atoms with Crippen molar-refractivity contribution in [2.45, 2.75) is 12.3 Å². The molecule has 1 aliphatic rings. The van der Waals surface area contributed by atoms with Crippen LogP contribution in [0.2, 0.25) is 5.02 Å². The van der Waals surface area contributed by atoms with E-state index in [2.05, 4.69) is 31.2 Å². The molecule has 0 spiro atoms. The van der Waals surface area contributed by atoms with E-state index in [-0.39, 0.29) is 5.41 Å². The Hall–Kier alpha value is -0.750. The van der Waals surface area contributed by atoms with Gasteiger partial charge < -0.3 is 0 Å². The van der Waals surface area contributed by atoms with E-state index in [4.69, 9.17) is 11.6 Å². The van der Waals surface area contributed by atoms with Gasteiger partial charge in [0.2, 0.25) is 0 Å². The van der Waals surface area contributed by atoms with Gasteiger partial charge in [0, 0.05) is 10.4 Å². The van der Waals surface area contributed by atoms with Gasteiger partial charge in [0.15, 0.2) is 0 Å². The Morgan fingerprint density at radius 2 is 1.64 bits per heavy atom. The standard InChI is InChI=1S/C10H9Cl/c1-10(6-7-10)8-2-4-9(11)5-3-8/h2-7H,1H3. The van der Waals surface area contributed by atoms with Gasteiger partial charge in [-0.3, -0.25) is 0 Å². The van der Waals surface area contributed by atoms with Crippen molar-refractivity contribution in [2.75, 3.05) is 0 Å². The van der Waals surface area contributed by atoms with Crippen molar-refractivity contribution in [3.63, 3.8) is 0 Å². The number of allylic oxidation sites excluding steroid dienone is 2. The van der Waals surface area contributed by atoms with Crippen molar-refractivity contribution in [3.05, 3.63) is 47.0 Å². The second kappa shape index (κ2) is 2.12. The van der Waals surface area contributed by atoms with E-state index in [1.165, 1.54) is 5.56 Å². The molecule has 0 bridgehead atoms. The maximum absolute atomic E-state index is 5.76. The number of hydrogen-bond acceptors (Lipinski definition) is 0. The summed E-state index contributed by atoms with van der Waals surface area (Å²) < 4.78 is 0. The molecule has 0 aromatic heterocycles. The van der Waals surface area contributed by atoms with Crippen molar-refractivity contribution in [1.82, 2.24) is 0 Å². The number of hydrogen-bond donors (Lipinski definition) is 0. The van der Waals surface area contributed by atoms with E-state index in [1.54, 1.807) is 0 Å². The first-order valence-corrected chi connectivity index (χ1v) is 4.05. The van der Waals surface area contributed by atoms with Gasteiger partial charge in [0.1, 0.15) is 0 Å². The molecular formula is C10H9Cl. The van der Waals surface area contributed by atoms with Crippen LogP contribution in [0.3, 0.4) is 0 Å². The van der Waals surface area contributed by atoms with Crippen LogP contribution in [0.25, 0.3) is 0 Å². The summed E-state index contributed by atoms with van der Waals surface area (Å²) >= 11 is 5.76. The number of rotatable bonds is 1. The third-order valence-corrected chi connectivity index (χ3v) is 2.38. The number of halogens is 1. The van der Waals surface area contributed by atoms with E-state index < -0.39 is 0 Å². The maximum Gasteiger partial charge on any atom is 0.0406 e. The summed E-state index contributed by atoms with van der Waals surface area (Å²) in [4.78, 5) is 0. The van der Waals surface area contributed by atoms with Gasteiger partial charge in [0.05, 0.1) is 0 Å². The third kappa shape index (κ3) is 1.19.